The van der Waals surface area contributed by atoms with Gasteiger partial charge in [-0.3, -0.25) is 9.48 Å². The number of hydrogen-bond acceptors (Lipinski definition) is 5. The number of amides is 1. The van der Waals surface area contributed by atoms with Crippen molar-refractivity contribution >= 4 is 16.9 Å². The number of aliphatic hydroxyl groups excluding tert-OH is 1. The summed E-state index contributed by atoms with van der Waals surface area (Å²) in [6, 6.07) is 4.98. The van der Waals surface area contributed by atoms with Crippen LogP contribution >= 0.6 is 0 Å². The van der Waals surface area contributed by atoms with Gasteiger partial charge in [0.05, 0.1) is 22.9 Å². The van der Waals surface area contributed by atoms with E-state index in [9.17, 15) is 9.90 Å². The minimum atomic E-state index is -0.760. The second kappa shape index (κ2) is 6.68. The number of aliphatic hydroxyl groups is 1. The van der Waals surface area contributed by atoms with Gasteiger partial charge in [0.25, 0.3) is 5.91 Å². The summed E-state index contributed by atoms with van der Waals surface area (Å²) >= 11 is 0. The molecule has 0 radical (unpaired) electrons. The number of nitrogens with one attached hydrogen (secondary N) is 1. The van der Waals surface area contributed by atoms with Crippen LogP contribution in [0.1, 0.15) is 47.0 Å². The maximum Gasteiger partial charge on any atom is 0.252 e. The van der Waals surface area contributed by atoms with Gasteiger partial charge in [-0.25, -0.2) is 4.98 Å². The predicted molar refractivity (Wildman–Crippen MR) is 93.2 cm³/mol. The largest absolute Gasteiger partial charge is 0.467 e. The average Bonchev–Trinajstić information content (AvgIpc) is 3.16. The number of pyridine rings is 1. The first-order valence-electron chi connectivity index (χ1n) is 8.20. The van der Waals surface area contributed by atoms with E-state index in [1.54, 1.807) is 22.9 Å². The molecule has 0 spiro atoms. The molecule has 0 fully saturated rings. The highest BCUT2D eigenvalue weighted by Crippen LogP contribution is 2.23. The van der Waals surface area contributed by atoms with Crippen LogP contribution in [0.2, 0.25) is 0 Å². The highest BCUT2D eigenvalue weighted by Gasteiger charge is 2.21. The molecular formula is C18H22N4O3. The molecule has 0 aliphatic rings. The molecule has 3 aromatic heterocycles. The summed E-state index contributed by atoms with van der Waals surface area (Å²) in [5.74, 6) is 0.289. The maximum absolute atomic E-state index is 12.8. The van der Waals surface area contributed by atoms with Crippen molar-refractivity contribution in [2.24, 2.45) is 7.05 Å². The number of rotatable bonds is 5. The Hall–Kier alpha value is -2.67. The Morgan fingerprint density at radius 1 is 1.44 bits per heavy atom. The smallest absolute Gasteiger partial charge is 0.252 e. The molecule has 7 nitrogen and oxygen atoms in total. The van der Waals surface area contributed by atoms with Crippen molar-refractivity contribution in [2.75, 3.05) is 0 Å². The summed E-state index contributed by atoms with van der Waals surface area (Å²) in [4.78, 5) is 17.2. The summed E-state index contributed by atoms with van der Waals surface area (Å²) in [7, 11) is 1.81. The lowest BCUT2D eigenvalue weighted by Gasteiger charge is -2.17. The Kier molecular flexibility index (Phi) is 4.59. The first-order valence-corrected chi connectivity index (χ1v) is 8.20. The first kappa shape index (κ1) is 17.2. The number of fused-ring (bicyclic) bond motifs is 1. The Balaban J connectivity index is 1.80. The van der Waals surface area contributed by atoms with E-state index in [-0.39, 0.29) is 11.9 Å². The van der Waals surface area contributed by atoms with Gasteiger partial charge in [0.1, 0.15) is 11.9 Å². The fourth-order valence-corrected chi connectivity index (χ4v) is 3.04. The molecule has 3 rings (SSSR count). The summed E-state index contributed by atoms with van der Waals surface area (Å²) in [6.45, 7) is 5.56. The van der Waals surface area contributed by atoms with Crippen molar-refractivity contribution < 1.29 is 14.3 Å². The van der Waals surface area contributed by atoms with Crippen LogP contribution in [-0.2, 0) is 7.05 Å². The van der Waals surface area contributed by atoms with E-state index in [4.69, 9.17) is 4.42 Å². The van der Waals surface area contributed by atoms with Gasteiger partial charge >= 0.3 is 0 Å². The zero-order chi connectivity index (χ0) is 18.1. The van der Waals surface area contributed by atoms with Gasteiger partial charge < -0.3 is 14.8 Å². The molecule has 0 bridgehead atoms. The van der Waals surface area contributed by atoms with Gasteiger partial charge in [-0.1, -0.05) is 0 Å². The van der Waals surface area contributed by atoms with Gasteiger partial charge in [0, 0.05) is 25.2 Å². The van der Waals surface area contributed by atoms with Gasteiger partial charge in [-0.05, 0) is 39.0 Å². The van der Waals surface area contributed by atoms with Crippen LogP contribution < -0.4 is 5.32 Å². The van der Waals surface area contributed by atoms with E-state index in [1.165, 1.54) is 6.26 Å². The molecule has 7 heteroatoms. The molecule has 2 unspecified atom stereocenters. The van der Waals surface area contributed by atoms with Crippen LogP contribution in [0.4, 0.5) is 0 Å². The number of nitrogens with zero attached hydrogens (tertiary/aromatic N) is 3. The van der Waals surface area contributed by atoms with E-state index >= 15 is 0 Å². The molecule has 0 saturated carbocycles. The lowest BCUT2D eigenvalue weighted by Crippen LogP contribution is -2.34. The molecule has 0 aliphatic heterocycles. The fourth-order valence-electron chi connectivity index (χ4n) is 3.04. The van der Waals surface area contributed by atoms with E-state index in [0.29, 0.717) is 23.4 Å². The van der Waals surface area contributed by atoms with Crippen LogP contribution in [0.15, 0.2) is 28.9 Å². The van der Waals surface area contributed by atoms with Gasteiger partial charge in [0.15, 0.2) is 5.65 Å². The molecule has 25 heavy (non-hydrogen) atoms. The number of hydrogen-bond donors (Lipinski definition) is 2. The van der Waals surface area contributed by atoms with Crippen molar-refractivity contribution in [3.63, 3.8) is 0 Å². The molecule has 132 valence electrons. The van der Waals surface area contributed by atoms with Crippen molar-refractivity contribution in [3.8, 4) is 0 Å². The zero-order valence-corrected chi connectivity index (χ0v) is 14.8. The van der Waals surface area contributed by atoms with Crippen LogP contribution in [0.5, 0.6) is 0 Å². The molecule has 2 N–H and O–H groups in total. The topological polar surface area (TPSA) is 93.2 Å². The van der Waals surface area contributed by atoms with Gasteiger partial charge in [-0.2, -0.15) is 5.10 Å². The third kappa shape index (κ3) is 3.41. The van der Waals surface area contributed by atoms with Gasteiger partial charge in [-0.15, -0.1) is 0 Å². The molecule has 1 amide bonds. The first-order chi connectivity index (χ1) is 11.9. The standard InChI is InChI=1S/C18H22N4O3/c1-10-8-13(16-12(3)21-22(4)17(16)19-10)18(24)20-11(2)9-14(23)15-6-5-7-25-15/h5-8,11,14,23H,9H2,1-4H3,(H,20,24). The van der Waals surface area contributed by atoms with Crippen LogP contribution in [-0.4, -0.2) is 31.8 Å². The molecule has 0 aromatic carbocycles. The zero-order valence-electron chi connectivity index (χ0n) is 14.8. The SMILES string of the molecule is Cc1cc(C(=O)NC(C)CC(O)c2ccco2)c2c(C)nn(C)c2n1. The summed E-state index contributed by atoms with van der Waals surface area (Å²) in [6.07, 6.45) is 1.12. The summed E-state index contributed by atoms with van der Waals surface area (Å²) < 4.78 is 6.87. The van der Waals surface area contributed by atoms with Crippen LogP contribution in [0.25, 0.3) is 11.0 Å². The molecular weight excluding hydrogens is 320 g/mol. The van der Waals surface area contributed by atoms with E-state index < -0.39 is 6.10 Å². The third-order valence-electron chi connectivity index (χ3n) is 4.17. The Labute approximate surface area is 145 Å². The number of aryl methyl sites for hydroxylation is 3. The third-order valence-corrected chi connectivity index (χ3v) is 4.17. The molecule has 0 aliphatic carbocycles. The highest BCUT2D eigenvalue weighted by atomic mass is 16.4. The minimum absolute atomic E-state index is 0.203. The maximum atomic E-state index is 12.8. The van der Waals surface area contributed by atoms with Crippen LogP contribution in [0, 0.1) is 13.8 Å². The lowest BCUT2D eigenvalue weighted by molar-refractivity contribution is 0.0904. The minimum Gasteiger partial charge on any atom is -0.467 e. The number of aromatic nitrogens is 3. The number of furan rings is 1. The van der Waals surface area contributed by atoms with E-state index in [2.05, 4.69) is 15.4 Å². The van der Waals surface area contributed by atoms with Crippen molar-refractivity contribution in [1.29, 1.82) is 0 Å². The quantitative estimate of drug-likeness (QED) is 0.743. The molecule has 3 aromatic rings. The van der Waals surface area contributed by atoms with Crippen molar-refractivity contribution in [3.05, 3.63) is 47.2 Å². The summed E-state index contributed by atoms with van der Waals surface area (Å²) in [5.41, 5.74) is 2.75. The Morgan fingerprint density at radius 2 is 2.20 bits per heavy atom. The Morgan fingerprint density at radius 3 is 2.88 bits per heavy atom. The monoisotopic (exact) mass is 342 g/mol. The van der Waals surface area contributed by atoms with E-state index in [0.717, 1.165) is 16.8 Å². The highest BCUT2D eigenvalue weighted by molar-refractivity contribution is 6.06. The second-order valence-electron chi connectivity index (χ2n) is 6.36. The lowest BCUT2D eigenvalue weighted by atomic mass is 10.1. The number of carbonyl (C=O) groups excluding carboxylic acids is 1. The molecule has 3 heterocycles. The normalized spacial score (nSPS) is 13.8. The van der Waals surface area contributed by atoms with Crippen LogP contribution in [0.3, 0.4) is 0 Å². The number of carbonyl (C=O) groups is 1. The molecule has 0 saturated heterocycles. The molecule has 2 atom stereocenters. The summed E-state index contributed by atoms with van der Waals surface area (Å²) in [5, 5.41) is 18.2. The average molecular weight is 342 g/mol. The van der Waals surface area contributed by atoms with Crippen molar-refractivity contribution in [2.45, 2.75) is 39.3 Å². The van der Waals surface area contributed by atoms with E-state index in [1.807, 2.05) is 27.8 Å². The fraction of sp³-hybridized carbons (Fsp3) is 0.389. The van der Waals surface area contributed by atoms with Crippen molar-refractivity contribution in [1.82, 2.24) is 20.1 Å². The predicted octanol–water partition coefficient (Wildman–Crippen LogP) is 2.42. The van der Waals surface area contributed by atoms with Gasteiger partial charge in [0.2, 0.25) is 0 Å². The second-order valence-corrected chi connectivity index (χ2v) is 6.36. The Bertz CT molecular complexity index is 899.